The van der Waals surface area contributed by atoms with Gasteiger partial charge in [-0.2, -0.15) is 13.2 Å². The van der Waals surface area contributed by atoms with Gasteiger partial charge in [-0.25, -0.2) is 0 Å². The average Bonchev–Trinajstić information content (AvgIpc) is 2.89. The molecule has 0 aromatic heterocycles. The van der Waals surface area contributed by atoms with Crippen molar-refractivity contribution in [2.45, 2.75) is 29.7 Å². The summed E-state index contributed by atoms with van der Waals surface area (Å²) in [4.78, 5) is 22.9. The molecule has 0 aliphatic heterocycles. The minimum atomic E-state index is -4.44. The highest BCUT2D eigenvalue weighted by molar-refractivity contribution is 8.00. The van der Waals surface area contributed by atoms with Crippen LogP contribution in [0.15, 0.2) is 29.2 Å². The fourth-order valence-corrected chi connectivity index (χ4v) is 3.09. The first-order valence-electron chi connectivity index (χ1n) is 6.64. The molecule has 120 valence electrons. The first-order chi connectivity index (χ1) is 10.3. The third kappa shape index (κ3) is 4.40. The number of carbonyl (C=O) groups is 2. The van der Waals surface area contributed by atoms with Crippen LogP contribution >= 0.6 is 11.8 Å². The van der Waals surface area contributed by atoms with Crippen LogP contribution in [0, 0.1) is 11.8 Å². The summed E-state index contributed by atoms with van der Waals surface area (Å²) in [6, 6.07) is 5.67. The van der Waals surface area contributed by atoms with Crippen LogP contribution in [0.1, 0.15) is 19.3 Å². The van der Waals surface area contributed by atoms with E-state index in [2.05, 4.69) is 5.32 Å². The van der Waals surface area contributed by atoms with E-state index in [1.54, 1.807) is 0 Å². The zero-order valence-electron chi connectivity index (χ0n) is 11.4. The van der Waals surface area contributed by atoms with E-state index in [0.717, 1.165) is 0 Å². The fourth-order valence-electron chi connectivity index (χ4n) is 2.46. The molecule has 2 atom stereocenters. The number of halogens is 3. The molecule has 1 saturated carbocycles. The number of carbonyl (C=O) groups excluding carboxylic acids is 1. The Labute approximate surface area is 129 Å². The molecule has 0 unspecified atom stereocenters. The summed E-state index contributed by atoms with van der Waals surface area (Å²) in [5, 5.41) is 11.4. The molecule has 0 spiro atoms. The number of benzene rings is 1. The third-order valence-corrected chi connectivity index (χ3v) is 4.33. The van der Waals surface area contributed by atoms with Gasteiger partial charge in [0.15, 0.2) is 0 Å². The Morgan fingerprint density at radius 2 is 1.82 bits per heavy atom. The molecule has 2 N–H and O–H groups in total. The van der Waals surface area contributed by atoms with Gasteiger partial charge in [0.2, 0.25) is 5.91 Å². The molecule has 0 heterocycles. The van der Waals surface area contributed by atoms with E-state index in [9.17, 15) is 22.8 Å². The number of thioether (sulfide) groups is 1. The summed E-state index contributed by atoms with van der Waals surface area (Å²) in [6.07, 6.45) is 1.06. The van der Waals surface area contributed by atoms with E-state index in [4.69, 9.17) is 5.11 Å². The Bertz CT molecular complexity index is 577. The van der Waals surface area contributed by atoms with Crippen LogP contribution in [0.25, 0.3) is 0 Å². The molecule has 0 radical (unpaired) electrons. The quantitative estimate of drug-likeness (QED) is 0.824. The minimum Gasteiger partial charge on any atom is -0.481 e. The summed E-state index contributed by atoms with van der Waals surface area (Å²) >= 11 is -0.292. The standard InChI is InChI=1S/C14H14F3NO3S/c15-14(16,17)22-11-4-2-1-3-10(11)18-12(19)8-5-6-9(7-8)13(20)21/h1-4,8-9H,5-7H2,(H,18,19)(H,20,21)/t8-,9+/m0/s1. The predicted molar refractivity (Wildman–Crippen MR) is 75.5 cm³/mol. The molecule has 1 aliphatic carbocycles. The van der Waals surface area contributed by atoms with Crippen molar-refractivity contribution in [3.8, 4) is 0 Å². The maximum atomic E-state index is 12.5. The van der Waals surface area contributed by atoms with Crippen LogP contribution < -0.4 is 5.32 Å². The van der Waals surface area contributed by atoms with E-state index in [0.29, 0.717) is 12.8 Å². The highest BCUT2D eigenvalue weighted by atomic mass is 32.2. The molecule has 0 bridgehead atoms. The number of rotatable bonds is 4. The van der Waals surface area contributed by atoms with Crippen molar-refractivity contribution in [2.24, 2.45) is 11.8 Å². The Balaban J connectivity index is 2.05. The van der Waals surface area contributed by atoms with Crippen molar-refractivity contribution in [3.05, 3.63) is 24.3 Å². The zero-order chi connectivity index (χ0) is 16.3. The lowest BCUT2D eigenvalue weighted by atomic mass is 10.0. The monoisotopic (exact) mass is 333 g/mol. The van der Waals surface area contributed by atoms with Gasteiger partial charge in [-0.1, -0.05) is 12.1 Å². The summed E-state index contributed by atoms with van der Waals surface area (Å²) in [7, 11) is 0. The molecule has 0 saturated heterocycles. The van der Waals surface area contributed by atoms with Gasteiger partial charge in [-0.05, 0) is 43.2 Å². The van der Waals surface area contributed by atoms with Gasteiger partial charge in [0, 0.05) is 10.8 Å². The van der Waals surface area contributed by atoms with E-state index in [-0.39, 0.29) is 28.8 Å². The maximum absolute atomic E-state index is 12.5. The number of alkyl halides is 3. The highest BCUT2D eigenvalue weighted by Crippen LogP contribution is 2.40. The topological polar surface area (TPSA) is 66.4 Å². The van der Waals surface area contributed by atoms with Gasteiger partial charge in [0.05, 0.1) is 11.6 Å². The van der Waals surface area contributed by atoms with Crippen LogP contribution in [0.3, 0.4) is 0 Å². The second-order valence-corrected chi connectivity index (χ2v) is 6.19. The number of aliphatic carboxylic acids is 1. The van der Waals surface area contributed by atoms with E-state index < -0.39 is 29.2 Å². The molecular weight excluding hydrogens is 319 g/mol. The lowest BCUT2D eigenvalue weighted by molar-refractivity contribution is -0.141. The van der Waals surface area contributed by atoms with Gasteiger partial charge in [-0.15, -0.1) is 0 Å². The van der Waals surface area contributed by atoms with Gasteiger partial charge >= 0.3 is 11.5 Å². The highest BCUT2D eigenvalue weighted by Gasteiger charge is 2.35. The summed E-state index contributed by atoms with van der Waals surface area (Å²) in [5.74, 6) is -2.41. The largest absolute Gasteiger partial charge is 0.481 e. The first kappa shape index (κ1) is 16.7. The first-order valence-corrected chi connectivity index (χ1v) is 7.46. The minimum absolute atomic E-state index is 0.0869. The van der Waals surface area contributed by atoms with Gasteiger partial charge in [0.25, 0.3) is 0 Å². The van der Waals surface area contributed by atoms with Gasteiger partial charge in [0.1, 0.15) is 0 Å². The van der Waals surface area contributed by atoms with E-state index in [1.165, 1.54) is 24.3 Å². The lowest BCUT2D eigenvalue weighted by Gasteiger charge is -2.14. The number of hydrogen-bond acceptors (Lipinski definition) is 3. The third-order valence-electron chi connectivity index (χ3n) is 3.52. The molecule has 8 heteroatoms. The SMILES string of the molecule is O=C(O)[C@@H]1CC[C@H](C(=O)Nc2ccccc2SC(F)(F)F)C1. The fraction of sp³-hybridized carbons (Fsp3) is 0.429. The predicted octanol–water partition coefficient (Wildman–Crippen LogP) is 3.74. The summed E-state index contributed by atoms with van der Waals surface area (Å²) in [6.45, 7) is 0. The maximum Gasteiger partial charge on any atom is 0.446 e. The van der Waals surface area contributed by atoms with Crippen molar-refractivity contribution in [3.63, 3.8) is 0 Å². The summed E-state index contributed by atoms with van der Waals surface area (Å²) < 4.78 is 37.5. The van der Waals surface area contributed by atoms with Gasteiger partial charge in [-0.3, -0.25) is 9.59 Å². The molecule has 1 amide bonds. The lowest BCUT2D eigenvalue weighted by Crippen LogP contribution is -2.22. The second kappa shape index (κ2) is 6.60. The van der Waals surface area contributed by atoms with Crippen molar-refractivity contribution < 1.29 is 27.9 Å². The van der Waals surface area contributed by atoms with Crippen LogP contribution in [0.5, 0.6) is 0 Å². The molecular formula is C14H14F3NO3S. The Kier molecular flexibility index (Phi) is 5.00. The Morgan fingerprint density at radius 3 is 2.41 bits per heavy atom. The number of anilines is 1. The molecule has 22 heavy (non-hydrogen) atoms. The number of carboxylic acid groups (broad SMARTS) is 1. The smallest absolute Gasteiger partial charge is 0.446 e. The molecule has 4 nitrogen and oxygen atoms in total. The molecule has 1 aliphatic rings. The van der Waals surface area contributed by atoms with Crippen molar-refractivity contribution in [1.29, 1.82) is 0 Å². The van der Waals surface area contributed by atoms with Crippen LogP contribution in [-0.2, 0) is 9.59 Å². The molecule has 2 rings (SSSR count). The summed E-state index contributed by atoms with van der Waals surface area (Å²) in [5.41, 5.74) is -4.35. The number of amides is 1. The number of carboxylic acids is 1. The van der Waals surface area contributed by atoms with E-state index >= 15 is 0 Å². The molecule has 1 aromatic rings. The van der Waals surface area contributed by atoms with Gasteiger partial charge < -0.3 is 10.4 Å². The average molecular weight is 333 g/mol. The number of nitrogens with one attached hydrogen (secondary N) is 1. The van der Waals surface area contributed by atoms with Crippen LogP contribution in [0.4, 0.5) is 18.9 Å². The van der Waals surface area contributed by atoms with Crippen LogP contribution in [0.2, 0.25) is 0 Å². The van der Waals surface area contributed by atoms with Crippen molar-refractivity contribution in [1.82, 2.24) is 0 Å². The molecule has 1 fully saturated rings. The van der Waals surface area contributed by atoms with Crippen LogP contribution in [-0.4, -0.2) is 22.5 Å². The normalized spacial score (nSPS) is 21.6. The Morgan fingerprint density at radius 1 is 1.18 bits per heavy atom. The molecule has 1 aromatic carbocycles. The number of hydrogen-bond donors (Lipinski definition) is 2. The van der Waals surface area contributed by atoms with E-state index in [1.807, 2.05) is 0 Å². The number of para-hydroxylation sites is 1. The van der Waals surface area contributed by atoms with Crippen molar-refractivity contribution >= 4 is 29.3 Å². The van der Waals surface area contributed by atoms with Crippen molar-refractivity contribution in [2.75, 3.05) is 5.32 Å². The second-order valence-electron chi connectivity index (χ2n) is 5.08. The zero-order valence-corrected chi connectivity index (χ0v) is 12.2. The Hall–Kier alpha value is -1.70.